The van der Waals surface area contributed by atoms with Crippen molar-refractivity contribution < 1.29 is 4.79 Å². The van der Waals surface area contributed by atoms with E-state index in [4.69, 9.17) is 0 Å². The van der Waals surface area contributed by atoms with Crippen molar-refractivity contribution in [1.29, 1.82) is 0 Å². The first kappa shape index (κ1) is 16.8. The Morgan fingerprint density at radius 2 is 2.05 bits per heavy atom. The number of benzene rings is 1. The third-order valence-corrected chi connectivity index (χ3v) is 4.43. The average Bonchev–Trinajstić information content (AvgIpc) is 3.01. The smallest absolute Gasteiger partial charge is 0.254 e. The lowest BCUT2D eigenvalue weighted by atomic mass is 10.1. The number of rotatable bonds is 7. The molecule has 1 unspecified atom stereocenters. The van der Waals surface area contributed by atoms with Gasteiger partial charge in [-0.15, -0.1) is 0 Å². The molecule has 22 heavy (non-hydrogen) atoms. The third kappa shape index (κ3) is 3.80. The average molecular weight is 303 g/mol. The number of anilines is 1. The van der Waals surface area contributed by atoms with E-state index in [1.54, 1.807) is 0 Å². The zero-order valence-corrected chi connectivity index (χ0v) is 14.1. The van der Waals surface area contributed by atoms with Gasteiger partial charge in [0.2, 0.25) is 0 Å². The second kappa shape index (κ2) is 8.18. The van der Waals surface area contributed by atoms with E-state index in [2.05, 4.69) is 36.2 Å². The number of amides is 1. The van der Waals surface area contributed by atoms with Gasteiger partial charge in [0, 0.05) is 43.5 Å². The summed E-state index contributed by atoms with van der Waals surface area (Å²) in [5.74, 6) is 0.169. The number of hydrogen-bond acceptors (Lipinski definition) is 3. The van der Waals surface area contributed by atoms with Gasteiger partial charge in [0.05, 0.1) is 0 Å². The highest BCUT2D eigenvalue weighted by molar-refractivity contribution is 5.95. The molecule has 1 heterocycles. The molecule has 0 radical (unpaired) electrons. The molecule has 1 saturated heterocycles. The van der Waals surface area contributed by atoms with E-state index in [1.807, 2.05) is 24.1 Å². The fourth-order valence-electron chi connectivity index (χ4n) is 3.27. The Hall–Kier alpha value is -1.55. The van der Waals surface area contributed by atoms with E-state index in [0.717, 1.165) is 51.0 Å². The van der Waals surface area contributed by atoms with Crippen molar-refractivity contribution in [3.05, 3.63) is 29.8 Å². The van der Waals surface area contributed by atoms with E-state index < -0.39 is 0 Å². The van der Waals surface area contributed by atoms with Crippen LogP contribution in [0, 0.1) is 0 Å². The lowest BCUT2D eigenvalue weighted by molar-refractivity contribution is 0.0737. The molecule has 1 amide bonds. The molecule has 4 heteroatoms. The molecule has 1 aliphatic heterocycles. The molecule has 0 bridgehead atoms. The minimum Gasteiger partial charge on any atom is -0.372 e. The number of nitrogens with one attached hydrogen (secondary N) is 1. The summed E-state index contributed by atoms with van der Waals surface area (Å²) in [6, 6.07) is 8.45. The van der Waals surface area contributed by atoms with Gasteiger partial charge in [-0.2, -0.15) is 0 Å². The zero-order chi connectivity index (χ0) is 15.9. The monoisotopic (exact) mass is 303 g/mol. The lowest BCUT2D eigenvalue weighted by Crippen LogP contribution is -2.40. The third-order valence-electron chi connectivity index (χ3n) is 4.43. The van der Waals surface area contributed by atoms with Crippen LogP contribution in [0.3, 0.4) is 0 Å². The van der Waals surface area contributed by atoms with E-state index in [0.29, 0.717) is 6.04 Å². The molecule has 0 saturated carbocycles. The number of likely N-dealkylation sites (tertiary alicyclic amines) is 1. The molecule has 4 nitrogen and oxygen atoms in total. The van der Waals surface area contributed by atoms with Crippen molar-refractivity contribution in [3.8, 4) is 0 Å². The SMILES string of the molecule is CCCN(CC)c1ccc(C(=O)N2CCCC2CNC)cc1. The standard InChI is InChI=1S/C18H29N3O/c1-4-12-20(5-2)16-10-8-15(9-11-16)18(22)21-13-6-7-17(21)14-19-3/h8-11,17,19H,4-7,12-14H2,1-3H3. The van der Waals surface area contributed by atoms with Gasteiger partial charge >= 0.3 is 0 Å². The molecule has 1 aromatic rings. The topological polar surface area (TPSA) is 35.6 Å². The van der Waals surface area contributed by atoms with Crippen LogP contribution in [0.5, 0.6) is 0 Å². The van der Waals surface area contributed by atoms with Crippen LogP contribution < -0.4 is 10.2 Å². The Labute approximate surface area is 134 Å². The van der Waals surface area contributed by atoms with Gasteiger partial charge in [-0.25, -0.2) is 0 Å². The molecule has 0 aromatic heterocycles. The van der Waals surface area contributed by atoms with Crippen molar-refractivity contribution in [2.45, 2.75) is 39.2 Å². The summed E-state index contributed by atoms with van der Waals surface area (Å²) in [6.45, 7) is 8.17. The Balaban J connectivity index is 2.07. The quantitative estimate of drug-likeness (QED) is 0.841. The first-order chi connectivity index (χ1) is 10.7. The number of nitrogens with zero attached hydrogens (tertiary/aromatic N) is 2. The summed E-state index contributed by atoms with van der Waals surface area (Å²) in [5, 5.41) is 3.19. The number of carbonyl (C=O) groups excluding carboxylic acids is 1. The fraction of sp³-hybridized carbons (Fsp3) is 0.611. The van der Waals surface area contributed by atoms with Gasteiger partial charge in [-0.05, 0) is 57.5 Å². The first-order valence-electron chi connectivity index (χ1n) is 8.51. The van der Waals surface area contributed by atoms with Crippen LogP contribution in [0.2, 0.25) is 0 Å². The summed E-state index contributed by atoms with van der Waals surface area (Å²) in [7, 11) is 1.95. The minimum atomic E-state index is 0.169. The van der Waals surface area contributed by atoms with Gasteiger partial charge in [0.1, 0.15) is 0 Å². The molecule has 1 N–H and O–H groups in total. The van der Waals surface area contributed by atoms with E-state index in [-0.39, 0.29) is 5.91 Å². The number of hydrogen-bond donors (Lipinski definition) is 1. The van der Waals surface area contributed by atoms with E-state index in [9.17, 15) is 4.79 Å². The van der Waals surface area contributed by atoms with Gasteiger partial charge in [0.25, 0.3) is 5.91 Å². The van der Waals surface area contributed by atoms with Crippen LogP contribution in [0.15, 0.2) is 24.3 Å². The largest absolute Gasteiger partial charge is 0.372 e. The van der Waals surface area contributed by atoms with Crippen LogP contribution in [0.25, 0.3) is 0 Å². The maximum Gasteiger partial charge on any atom is 0.254 e. The van der Waals surface area contributed by atoms with Crippen LogP contribution in [0.1, 0.15) is 43.5 Å². The molecule has 1 fully saturated rings. The molecule has 2 rings (SSSR count). The van der Waals surface area contributed by atoms with Crippen molar-refractivity contribution in [2.24, 2.45) is 0 Å². The predicted octanol–water partition coefficient (Wildman–Crippen LogP) is 2.75. The molecule has 122 valence electrons. The molecule has 1 aliphatic rings. The fourth-order valence-corrected chi connectivity index (χ4v) is 3.27. The highest BCUT2D eigenvalue weighted by Gasteiger charge is 2.28. The molecular formula is C18H29N3O. The normalized spacial score (nSPS) is 17.8. The second-order valence-corrected chi connectivity index (χ2v) is 5.98. The minimum absolute atomic E-state index is 0.169. The number of carbonyl (C=O) groups is 1. The maximum absolute atomic E-state index is 12.7. The summed E-state index contributed by atoms with van der Waals surface area (Å²) in [6.07, 6.45) is 3.34. The maximum atomic E-state index is 12.7. The van der Waals surface area contributed by atoms with Gasteiger partial charge in [-0.1, -0.05) is 6.92 Å². The van der Waals surface area contributed by atoms with E-state index >= 15 is 0 Å². The Kier molecular flexibility index (Phi) is 6.25. The Bertz CT molecular complexity index is 472. The highest BCUT2D eigenvalue weighted by atomic mass is 16.2. The Morgan fingerprint density at radius 1 is 1.32 bits per heavy atom. The lowest BCUT2D eigenvalue weighted by Gasteiger charge is -2.25. The summed E-state index contributed by atoms with van der Waals surface area (Å²) in [5.41, 5.74) is 2.01. The first-order valence-corrected chi connectivity index (χ1v) is 8.51. The van der Waals surface area contributed by atoms with Gasteiger partial charge in [-0.3, -0.25) is 4.79 Å². The molecule has 1 atom stereocenters. The van der Waals surface area contributed by atoms with Crippen LogP contribution in [-0.4, -0.2) is 50.1 Å². The Morgan fingerprint density at radius 3 is 2.64 bits per heavy atom. The second-order valence-electron chi connectivity index (χ2n) is 5.98. The van der Waals surface area contributed by atoms with Gasteiger partial charge < -0.3 is 15.1 Å². The zero-order valence-electron chi connectivity index (χ0n) is 14.1. The molecule has 0 spiro atoms. The summed E-state index contributed by atoms with van der Waals surface area (Å²) >= 11 is 0. The van der Waals surface area contributed by atoms with Crippen LogP contribution in [0.4, 0.5) is 5.69 Å². The highest BCUT2D eigenvalue weighted by Crippen LogP contribution is 2.21. The number of likely N-dealkylation sites (N-methyl/N-ethyl adjacent to an activating group) is 1. The van der Waals surface area contributed by atoms with E-state index in [1.165, 1.54) is 5.69 Å². The van der Waals surface area contributed by atoms with Crippen molar-refractivity contribution in [2.75, 3.05) is 38.1 Å². The predicted molar refractivity (Wildman–Crippen MR) is 92.6 cm³/mol. The summed E-state index contributed by atoms with van der Waals surface area (Å²) < 4.78 is 0. The van der Waals surface area contributed by atoms with Gasteiger partial charge in [0.15, 0.2) is 0 Å². The van der Waals surface area contributed by atoms with Crippen molar-refractivity contribution >= 4 is 11.6 Å². The van der Waals surface area contributed by atoms with Crippen molar-refractivity contribution in [1.82, 2.24) is 10.2 Å². The molecule has 0 aliphatic carbocycles. The molecular weight excluding hydrogens is 274 g/mol. The summed E-state index contributed by atoms with van der Waals surface area (Å²) in [4.78, 5) is 17.1. The van der Waals surface area contributed by atoms with Crippen molar-refractivity contribution in [3.63, 3.8) is 0 Å². The van der Waals surface area contributed by atoms with Crippen LogP contribution in [-0.2, 0) is 0 Å². The molecule has 1 aromatic carbocycles. The van der Waals surface area contributed by atoms with Crippen LogP contribution >= 0.6 is 0 Å².